The summed E-state index contributed by atoms with van der Waals surface area (Å²) >= 11 is 0. The number of aromatic nitrogens is 2. The third-order valence-electron chi connectivity index (χ3n) is 6.04. The molecule has 5 aromatic carbocycles. The van der Waals surface area contributed by atoms with E-state index in [1.807, 2.05) is 30.3 Å². The van der Waals surface area contributed by atoms with Crippen molar-refractivity contribution in [3.63, 3.8) is 0 Å². The summed E-state index contributed by atoms with van der Waals surface area (Å²) in [6, 6.07) is 35.4. The Morgan fingerprint density at radius 2 is 1.30 bits per heavy atom. The molecular weight excluding hydrogens is 427 g/mol. The average molecular weight is 446 g/mol. The number of hydrogen-bond acceptors (Lipinski definition) is 3. The first-order valence-corrected chi connectivity index (χ1v) is 11.5. The Morgan fingerprint density at radius 3 is 2.00 bits per heavy atom. The molecule has 5 heteroatoms. The highest BCUT2D eigenvalue weighted by Gasteiger charge is 2.19. The summed E-state index contributed by atoms with van der Waals surface area (Å²) < 4.78 is 17.9. The highest BCUT2D eigenvalue weighted by Crippen LogP contribution is 2.38. The largest absolute Gasteiger partial charge is 0.327 e. The normalized spacial score (nSPS) is 11.6. The van der Waals surface area contributed by atoms with Gasteiger partial charge in [0.05, 0.1) is 17.6 Å². The van der Waals surface area contributed by atoms with E-state index in [4.69, 9.17) is 9.51 Å². The molecule has 4 nitrogen and oxygen atoms in total. The number of imidazole rings is 1. The Labute approximate surface area is 192 Å². The van der Waals surface area contributed by atoms with E-state index in [0.29, 0.717) is 6.61 Å². The smallest absolute Gasteiger partial charge is 0.292 e. The molecule has 0 aliphatic rings. The third-order valence-corrected chi connectivity index (χ3v) is 6.28. The van der Waals surface area contributed by atoms with Gasteiger partial charge < -0.3 is 0 Å². The van der Waals surface area contributed by atoms with Gasteiger partial charge in [-0.2, -0.15) is 0 Å². The van der Waals surface area contributed by atoms with Crippen LogP contribution in [0.3, 0.4) is 0 Å². The first-order valence-electron chi connectivity index (χ1n) is 10.8. The zero-order chi connectivity index (χ0) is 22.2. The standard InChI is InChI=1S/C28H19N2O2P/c31-33-32-18-19-14-16-21(17-15-19)30-27-25-13-7-5-11-23(25)22-10-4-6-12-24(22)26(27)29-28(30)20-8-2-1-3-9-20/h1-17H,18H2. The zero-order valence-corrected chi connectivity index (χ0v) is 18.6. The van der Waals surface area contributed by atoms with Gasteiger partial charge in [-0.1, -0.05) is 91.0 Å². The van der Waals surface area contributed by atoms with Crippen LogP contribution in [0, 0.1) is 0 Å². The van der Waals surface area contributed by atoms with Crippen molar-refractivity contribution in [2.75, 3.05) is 0 Å². The molecule has 0 spiro atoms. The van der Waals surface area contributed by atoms with Gasteiger partial charge in [-0.15, -0.1) is 0 Å². The molecule has 1 aromatic heterocycles. The summed E-state index contributed by atoms with van der Waals surface area (Å²) in [5, 5.41) is 4.72. The lowest BCUT2D eigenvalue weighted by molar-refractivity contribution is 0.332. The van der Waals surface area contributed by atoms with Gasteiger partial charge >= 0.3 is 8.69 Å². The van der Waals surface area contributed by atoms with Gasteiger partial charge in [0.2, 0.25) is 0 Å². The molecule has 0 saturated heterocycles. The Balaban J connectivity index is 1.73. The van der Waals surface area contributed by atoms with Gasteiger partial charge in [-0.3, -0.25) is 9.09 Å². The fourth-order valence-corrected chi connectivity index (χ4v) is 4.78. The quantitative estimate of drug-likeness (QED) is 0.201. The van der Waals surface area contributed by atoms with Crippen molar-refractivity contribution in [1.29, 1.82) is 0 Å². The predicted octanol–water partition coefficient (Wildman–Crippen LogP) is 7.72. The zero-order valence-electron chi connectivity index (χ0n) is 17.7. The molecule has 6 aromatic rings. The van der Waals surface area contributed by atoms with E-state index in [1.54, 1.807) is 0 Å². The summed E-state index contributed by atoms with van der Waals surface area (Å²) in [5.41, 5.74) is 5.11. The molecule has 0 aliphatic carbocycles. The van der Waals surface area contributed by atoms with Crippen LogP contribution in [0.2, 0.25) is 0 Å². The SMILES string of the molecule is O=POCc1ccc(-n2c(-c3ccccc3)nc3c4ccccc4c4ccccc4c32)cc1. The van der Waals surface area contributed by atoms with Crippen molar-refractivity contribution in [1.82, 2.24) is 9.55 Å². The first kappa shape index (κ1) is 19.8. The van der Waals surface area contributed by atoms with Gasteiger partial charge in [-0.05, 0) is 28.5 Å². The first-order chi connectivity index (χ1) is 16.3. The van der Waals surface area contributed by atoms with E-state index < -0.39 is 0 Å². The average Bonchev–Trinajstić information content (AvgIpc) is 3.30. The lowest BCUT2D eigenvalue weighted by Crippen LogP contribution is -1.98. The molecule has 6 rings (SSSR count). The number of hydrogen-bond donors (Lipinski definition) is 0. The number of rotatable bonds is 5. The van der Waals surface area contributed by atoms with E-state index in [0.717, 1.165) is 39.1 Å². The molecule has 158 valence electrons. The van der Waals surface area contributed by atoms with Crippen molar-refractivity contribution in [3.8, 4) is 17.1 Å². The van der Waals surface area contributed by atoms with Gasteiger partial charge in [0.1, 0.15) is 5.82 Å². The summed E-state index contributed by atoms with van der Waals surface area (Å²) in [6.07, 6.45) is 0. The minimum Gasteiger partial charge on any atom is -0.292 e. The van der Waals surface area contributed by atoms with Crippen molar-refractivity contribution in [2.45, 2.75) is 6.61 Å². The lowest BCUT2D eigenvalue weighted by atomic mass is 10.00. The number of fused-ring (bicyclic) bond motifs is 6. The second-order valence-corrected chi connectivity index (χ2v) is 8.35. The molecule has 0 atom stereocenters. The van der Waals surface area contributed by atoms with Crippen LogP contribution in [-0.4, -0.2) is 9.55 Å². The Hall–Kier alpha value is -3.85. The molecule has 1 heterocycles. The van der Waals surface area contributed by atoms with Crippen LogP contribution < -0.4 is 0 Å². The molecule has 0 amide bonds. The lowest BCUT2D eigenvalue weighted by Gasteiger charge is -2.13. The maximum absolute atomic E-state index is 10.7. The van der Waals surface area contributed by atoms with Crippen LogP contribution in [0.1, 0.15) is 5.56 Å². The predicted molar refractivity (Wildman–Crippen MR) is 134 cm³/mol. The Kier molecular flexibility index (Phi) is 4.95. The Bertz CT molecular complexity index is 1620. The third kappa shape index (κ3) is 3.32. The molecular formula is C28H19N2O2P. The van der Waals surface area contributed by atoms with E-state index in [-0.39, 0.29) is 8.69 Å². The summed E-state index contributed by atoms with van der Waals surface area (Å²) in [5.74, 6) is 0.897. The van der Waals surface area contributed by atoms with Crippen molar-refractivity contribution in [2.24, 2.45) is 0 Å². The molecule has 0 bridgehead atoms. The highest BCUT2D eigenvalue weighted by atomic mass is 31.1. The second-order valence-electron chi connectivity index (χ2n) is 7.94. The highest BCUT2D eigenvalue weighted by molar-refractivity contribution is 7.17. The van der Waals surface area contributed by atoms with Crippen molar-refractivity contribution < 1.29 is 9.09 Å². The van der Waals surface area contributed by atoms with Crippen LogP contribution in [0.5, 0.6) is 0 Å². The summed E-state index contributed by atoms with van der Waals surface area (Å²) in [7, 11) is -0.312. The van der Waals surface area contributed by atoms with Gasteiger partial charge in [0.15, 0.2) is 0 Å². The van der Waals surface area contributed by atoms with Crippen LogP contribution in [0.25, 0.3) is 49.7 Å². The van der Waals surface area contributed by atoms with E-state index in [2.05, 4.69) is 77.4 Å². The van der Waals surface area contributed by atoms with Crippen LogP contribution in [0.15, 0.2) is 103 Å². The maximum atomic E-state index is 10.7. The van der Waals surface area contributed by atoms with Gasteiger partial charge in [-0.25, -0.2) is 9.55 Å². The van der Waals surface area contributed by atoms with Gasteiger partial charge in [0.25, 0.3) is 0 Å². The van der Waals surface area contributed by atoms with Gasteiger partial charge in [0, 0.05) is 22.0 Å². The fourth-order valence-electron chi connectivity index (χ4n) is 4.58. The van der Waals surface area contributed by atoms with Crippen molar-refractivity contribution in [3.05, 3.63) is 109 Å². The summed E-state index contributed by atoms with van der Waals surface area (Å²) in [4.78, 5) is 5.21. The summed E-state index contributed by atoms with van der Waals surface area (Å²) in [6.45, 7) is 0.301. The van der Waals surface area contributed by atoms with Crippen LogP contribution in [-0.2, 0) is 15.7 Å². The minimum absolute atomic E-state index is 0.301. The number of benzene rings is 5. The minimum atomic E-state index is -0.312. The fraction of sp³-hybridized carbons (Fsp3) is 0.0357. The van der Waals surface area contributed by atoms with E-state index in [9.17, 15) is 4.57 Å². The molecule has 0 fully saturated rings. The van der Waals surface area contributed by atoms with Crippen LogP contribution >= 0.6 is 8.69 Å². The Morgan fingerprint density at radius 1 is 0.697 bits per heavy atom. The van der Waals surface area contributed by atoms with Crippen molar-refractivity contribution >= 4 is 41.3 Å². The second kappa shape index (κ2) is 8.25. The molecule has 0 aliphatic heterocycles. The van der Waals surface area contributed by atoms with E-state index in [1.165, 1.54) is 16.2 Å². The number of nitrogens with zero attached hydrogens (tertiary/aromatic N) is 2. The van der Waals surface area contributed by atoms with E-state index >= 15 is 0 Å². The molecule has 0 radical (unpaired) electrons. The molecule has 0 saturated carbocycles. The molecule has 0 N–H and O–H groups in total. The molecule has 33 heavy (non-hydrogen) atoms. The molecule has 0 unspecified atom stereocenters. The monoisotopic (exact) mass is 446 g/mol. The maximum Gasteiger partial charge on any atom is 0.327 e. The van der Waals surface area contributed by atoms with Crippen LogP contribution in [0.4, 0.5) is 0 Å². The topological polar surface area (TPSA) is 44.1 Å².